The van der Waals surface area contributed by atoms with Crippen molar-refractivity contribution < 1.29 is 0 Å². The number of aromatic nitrogens is 3. The third kappa shape index (κ3) is 2.00. The molecule has 0 atom stereocenters. The Hall–Kier alpha value is -1.20. The quantitative estimate of drug-likeness (QED) is 0.779. The molecular formula is C8H6ClN3OS. The van der Waals surface area contributed by atoms with Gasteiger partial charge in [-0.2, -0.15) is 0 Å². The van der Waals surface area contributed by atoms with Crippen LogP contribution < -0.4 is 5.56 Å². The van der Waals surface area contributed by atoms with Crippen LogP contribution in [0.15, 0.2) is 28.8 Å². The van der Waals surface area contributed by atoms with Gasteiger partial charge in [0.2, 0.25) is 0 Å². The van der Waals surface area contributed by atoms with Crippen LogP contribution in [0, 0.1) is 0 Å². The second-order valence-corrected chi connectivity index (χ2v) is 4.08. The molecular weight excluding hydrogens is 222 g/mol. The van der Waals surface area contributed by atoms with Gasteiger partial charge in [0.25, 0.3) is 5.56 Å². The number of hydrogen-bond donors (Lipinski definition) is 0. The summed E-state index contributed by atoms with van der Waals surface area (Å²) in [5, 5.41) is 1.82. The van der Waals surface area contributed by atoms with Gasteiger partial charge in [-0.1, -0.05) is 11.6 Å². The summed E-state index contributed by atoms with van der Waals surface area (Å²) in [5.41, 5.74) is 0.680. The fraction of sp³-hybridized carbons (Fsp3) is 0.125. The summed E-state index contributed by atoms with van der Waals surface area (Å²) in [5.74, 6) is 0. The topological polar surface area (TPSA) is 47.8 Å². The van der Waals surface area contributed by atoms with Gasteiger partial charge < -0.3 is 0 Å². The summed E-state index contributed by atoms with van der Waals surface area (Å²) in [6.45, 7) is 0.413. The number of hydrogen-bond acceptors (Lipinski definition) is 4. The van der Waals surface area contributed by atoms with E-state index in [0.717, 1.165) is 5.69 Å². The van der Waals surface area contributed by atoms with Gasteiger partial charge in [0, 0.05) is 17.6 Å². The van der Waals surface area contributed by atoms with E-state index in [1.807, 2.05) is 5.38 Å². The molecule has 6 heteroatoms. The summed E-state index contributed by atoms with van der Waals surface area (Å²) < 4.78 is 1.96. The van der Waals surface area contributed by atoms with Gasteiger partial charge in [-0.25, -0.2) is 9.97 Å². The summed E-state index contributed by atoms with van der Waals surface area (Å²) in [4.78, 5) is 19.2. The molecule has 0 aliphatic heterocycles. The highest BCUT2D eigenvalue weighted by Gasteiger charge is 2.01. The van der Waals surface area contributed by atoms with Gasteiger partial charge in [0.05, 0.1) is 18.6 Å². The molecule has 0 unspecified atom stereocenters. The molecule has 72 valence electrons. The first kappa shape index (κ1) is 9.36. The highest BCUT2D eigenvalue weighted by Crippen LogP contribution is 2.15. The summed E-state index contributed by atoms with van der Waals surface area (Å²) in [7, 11) is 0. The molecule has 0 N–H and O–H groups in total. The molecule has 2 rings (SSSR count). The molecule has 0 aliphatic rings. The molecule has 0 saturated carbocycles. The number of nitrogens with zero attached hydrogens (tertiary/aromatic N) is 3. The van der Waals surface area contributed by atoms with Crippen molar-refractivity contribution in [2.45, 2.75) is 6.54 Å². The first-order chi connectivity index (χ1) is 6.75. The molecule has 0 aromatic carbocycles. The maximum Gasteiger partial charge on any atom is 0.253 e. The Labute approximate surface area is 88.8 Å². The molecule has 14 heavy (non-hydrogen) atoms. The van der Waals surface area contributed by atoms with Gasteiger partial charge in [-0.15, -0.1) is 11.3 Å². The van der Waals surface area contributed by atoms with Crippen molar-refractivity contribution in [3.63, 3.8) is 0 Å². The minimum atomic E-state index is -0.0934. The van der Waals surface area contributed by atoms with Crippen molar-refractivity contribution in [3.05, 3.63) is 44.5 Å². The second kappa shape index (κ2) is 3.89. The molecule has 0 bridgehead atoms. The smallest absolute Gasteiger partial charge is 0.253 e. The number of halogens is 1. The average molecular weight is 228 g/mol. The van der Waals surface area contributed by atoms with E-state index in [-0.39, 0.29) is 5.56 Å². The molecule has 0 saturated heterocycles. The van der Waals surface area contributed by atoms with E-state index in [4.69, 9.17) is 11.6 Å². The van der Waals surface area contributed by atoms with Crippen molar-refractivity contribution in [1.29, 1.82) is 0 Å². The maximum atomic E-state index is 11.3. The normalized spacial score (nSPS) is 10.4. The Kier molecular flexibility index (Phi) is 2.60. The van der Waals surface area contributed by atoms with Crippen LogP contribution in [-0.4, -0.2) is 14.5 Å². The Morgan fingerprint density at radius 2 is 2.43 bits per heavy atom. The first-order valence-corrected chi connectivity index (χ1v) is 5.12. The summed E-state index contributed by atoms with van der Waals surface area (Å²) in [6, 6.07) is 1.41. The zero-order valence-corrected chi connectivity index (χ0v) is 8.63. The fourth-order valence-electron chi connectivity index (χ4n) is 1.03. The fourth-order valence-corrected chi connectivity index (χ4v) is 1.80. The zero-order chi connectivity index (χ0) is 9.97. The largest absolute Gasteiger partial charge is 0.293 e. The van der Waals surface area contributed by atoms with Crippen LogP contribution in [0.2, 0.25) is 4.47 Å². The van der Waals surface area contributed by atoms with Gasteiger partial charge in [-0.3, -0.25) is 9.36 Å². The lowest BCUT2D eigenvalue weighted by Gasteiger charge is -1.99. The third-order valence-corrected chi connectivity index (χ3v) is 2.68. The van der Waals surface area contributed by atoms with E-state index in [0.29, 0.717) is 11.0 Å². The third-order valence-electron chi connectivity index (χ3n) is 1.65. The monoisotopic (exact) mass is 227 g/mol. The van der Waals surface area contributed by atoms with Crippen LogP contribution in [0.3, 0.4) is 0 Å². The molecule has 2 aromatic rings. The molecule has 0 aliphatic carbocycles. The van der Waals surface area contributed by atoms with Crippen LogP contribution in [-0.2, 0) is 6.54 Å². The Bertz CT molecular complexity index is 493. The summed E-state index contributed by atoms with van der Waals surface area (Å²) in [6.07, 6.45) is 2.95. The van der Waals surface area contributed by atoms with E-state index in [1.165, 1.54) is 34.5 Å². The SMILES string of the molecule is O=c1ccncn1Cc1csc(Cl)n1. The number of thiazole rings is 1. The molecule has 0 amide bonds. The lowest BCUT2D eigenvalue weighted by molar-refractivity contribution is 0.723. The predicted molar refractivity (Wildman–Crippen MR) is 54.7 cm³/mol. The van der Waals surface area contributed by atoms with Crippen molar-refractivity contribution in [2.75, 3.05) is 0 Å². The Balaban J connectivity index is 2.27. The second-order valence-electron chi connectivity index (χ2n) is 2.64. The molecule has 0 fully saturated rings. The zero-order valence-electron chi connectivity index (χ0n) is 7.05. The Morgan fingerprint density at radius 3 is 3.07 bits per heavy atom. The highest BCUT2D eigenvalue weighted by molar-refractivity contribution is 7.13. The van der Waals surface area contributed by atoms with Crippen molar-refractivity contribution in [2.24, 2.45) is 0 Å². The van der Waals surface area contributed by atoms with Crippen molar-refractivity contribution in [1.82, 2.24) is 14.5 Å². The minimum absolute atomic E-state index is 0.0934. The molecule has 4 nitrogen and oxygen atoms in total. The van der Waals surface area contributed by atoms with E-state index < -0.39 is 0 Å². The standard InChI is InChI=1S/C8H6ClN3OS/c9-8-11-6(4-14-8)3-12-5-10-2-1-7(12)13/h1-2,4-5H,3H2. The first-order valence-electron chi connectivity index (χ1n) is 3.86. The van der Waals surface area contributed by atoms with Crippen LogP contribution in [0.25, 0.3) is 0 Å². The predicted octanol–water partition coefficient (Wildman–Crippen LogP) is 1.40. The van der Waals surface area contributed by atoms with Crippen molar-refractivity contribution in [3.8, 4) is 0 Å². The molecule has 0 radical (unpaired) electrons. The highest BCUT2D eigenvalue weighted by atomic mass is 35.5. The minimum Gasteiger partial charge on any atom is -0.293 e. The lowest BCUT2D eigenvalue weighted by atomic mass is 10.5. The molecule has 0 spiro atoms. The van der Waals surface area contributed by atoms with Gasteiger partial charge in [0.1, 0.15) is 0 Å². The van der Waals surface area contributed by atoms with Crippen LogP contribution >= 0.6 is 22.9 Å². The maximum absolute atomic E-state index is 11.3. The number of rotatable bonds is 2. The molecule has 2 heterocycles. The van der Waals surface area contributed by atoms with Crippen LogP contribution in [0.5, 0.6) is 0 Å². The van der Waals surface area contributed by atoms with E-state index in [9.17, 15) is 4.79 Å². The van der Waals surface area contributed by atoms with Crippen molar-refractivity contribution >= 4 is 22.9 Å². The van der Waals surface area contributed by atoms with E-state index in [1.54, 1.807) is 0 Å². The van der Waals surface area contributed by atoms with E-state index >= 15 is 0 Å². The van der Waals surface area contributed by atoms with Gasteiger partial charge in [-0.05, 0) is 0 Å². The lowest BCUT2D eigenvalue weighted by Crippen LogP contribution is -2.19. The Morgan fingerprint density at radius 1 is 1.57 bits per heavy atom. The van der Waals surface area contributed by atoms with Crippen LogP contribution in [0.4, 0.5) is 0 Å². The van der Waals surface area contributed by atoms with Gasteiger partial charge >= 0.3 is 0 Å². The van der Waals surface area contributed by atoms with E-state index in [2.05, 4.69) is 9.97 Å². The van der Waals surface area contributed by atoms with Gasteiger partial charge in [0.15, 0.2) is 4.47 Å². The van der Waals surface area contributed by atoms with Crippen LogP contribution in [0.1, 0.15) is 5.69 Å². The summed E-state index contributed by atoms with van der Waals surface area (Å²) >= 11 is 7.02. The average Bonchev–Trinajstić information content (AvgIpc) is 2.56. The molecule has 2 aromatic heterocycles.